The van der Waals surface area contributed by atoms with Gasteiger partial charge in [-0.1, -0.05) is 16.9 Å². The Balaban J connectivity index is 2.26. The van der Waals surface area contributed by atoms with Crippen LogP contribution in [0.25, 0.3) is 10.9 Å². The maximum Gasteiger partial charge on any atom is 0.383 e. The first-order valence-corrected chi connectivity index (χ1v) is 9.86. The van der Waals surface area contributed by atoms with E-state index in [9.17, 15) is 4.79 Å². The van der Waals surface area contributed by atoms with Crippen LogP contribution < -0.4 is 4.74 Å². The summed E-state index contributed by atoms with van der Waals surface area (Å²) < 4.78 is 6.47. The van der Waals surface area contributed by atoms with Crippen LogP contribution in [0, 0.1) is 0 Å². The Morgan fingerprint density at radius 3 is 2.82 bits per heavy atom. The van der Waals surface area contributed by atoms with Gasteiger partial charge in [0.05, 0.1) is 27.2 Å². The van der Waals surface area contributed by atoms with Crippen molar-refractivity contribution in [3.63, 3.8) is 0 Å². The van der Waals surface area contributed by atoms with Crippen molar-refractivity contribution in [1.82, 2.24) is 4.98 Å². The summed E-state index contributed by atoms with van der Waals surface area (Å²) in [5, 5.41) is 0.741. The number of fused-ring (bicyclic) bond motifs is 1. The lowest BCUT2D eigenvalue weighted by Gasteiger charge is -2.28. The third kappa shape index (κ3) is 4.21. The minimum Gasteiger partial charge on any atom is -0.417 e. The lowest BCUT2D eigenvalue weighted by molar-refractivity contribution is -0.888. The molecule has 22 heavy (non-hydrogen) atoms. The number of rotatable bonds is 6. The molecular weight excluding hydrogens is 316 g/mol. The largest absolute Gasteiger partial charge is 0.417 e. The summed E-state index contributed by atoms with van der Waals surface area (Å²) in [4.78, 5) is 15.0. The highest BCUT2D eigenvalue weighted by Crippen LogP contribution is 2.31. The number of nitrogens with zero attached hydrogens (tertiary/aromatic N) is 1. The third-order valence-corrected chi connectivity index (χ3v) is 5.23. The summed E-state index contributed by atoms with van der Waals surface area (Å²) in [6, 6.07) is 5.77. The Hall–Kier alpha value is -1.11. The second kappa shape index (κ2) is 7.44. The van der Waals surface area contributed by atoms with E-state index in [1.54, 1.807) is 0 Å². The van der Waals surface area contributed by atoms with Gasteiger partial charge >= 0.3 is 5.30 Å². The second-order valence-corrected chi connectivity index (χ2v) is 8.15. The van der Waals surface area contributed by atoms with Crippen molar-refractivity contribution < 1.29 is 14.0 Å². The van der Waals surface area contributed by atoms with Crippen molar-refractivity contribution in [2.45, 2.75) is 13.3 Å². The van der Waals surface area contributed by atoms with Gasteiger partial charge in [-0.25, -0.2) is 4.79 Å². The Labute approximate surface area is 139 Å². The van der Waals surface area contributed by atoms with Crippen LogP contribution in [0.2, 0.25) is 0 Å². The van der Waals surface area contributed by atoms with E-state index < -0.39 is 0 Å². The topological polar surface area (TPSA) is 42.1 Å². The van der Waals surface area contributed by atoms with Gasteiger partial charge in [0.1, 0.15) is 5.75 Å². The van der Waals surface area contributed by atoms with Crippen molar-refractivity contribution in [3.8, 4) is 5.75 Å². The molecule has 1 aromatic carbocycles. The molecule has 120 valence electrons. The summed E-state index contributed by atoms with van der Waals surface area (Å²) in [6.07, 6.45) is 4.84. The number of carbonyl (C=O) groups excluding carboxylic acids is 1. The number of quaternary nitrogens is 1. The normalized spacial score (nSPS) is 11.8. The van der Waals surface area contributed by atoms with E-state index in [1.165, 1.54) is 16.4 Å². The molecule has 0 saturated carbocycles. The molecular formula is C16H23N2O2S2+. The number of aromatic nitrogens is 1. The summed E-state index contributed by atoms with van der Waals surface area (Å²) in [5.41, 5.74) is 2.21. The summed E-state index contributed by atoms with van der Waals surface area (Å²) in [6.45, 7) is 4.34. The molecule has 2 rings (SSSR count). The van der Waals surface area contributed by atoms with Crippen molar-refractivity contribution in [2.24, 2.45) is 0 Å². The van der Waals surface area contributed by atoms with Crippen molar-refractivity contribution in [1.29, 1.82) is 0 Å². The van der Waals surface area contributed by atoms with Crippen LogP contribution in [0.15, 0.2) is 24.4 Å². The highest BCUT2D eigenvalue weighted by atomic mass is 33.1. The van der Waals surface area contributed by atoms with Crippen molar-refractivity contribution >= 4 is 37.8 Å². The van der Waals surface area contributed by atoms with Crippen LogP contribution in [-0.4, -0.2) is 48.2 Å². The number of H-pyrrole nitrogens is 1. The van der Waals surface area contributed by atoms with Gasteiger partial charge in [0.25, 0.3) is 0 Å². The molecule has 0 fully saturated rings. The minimum atomic E-state index is -0.281. The quantitative estimate of drug-likeness (QED) is 0.483. The second-order valence-electron chi connectivity index (χ2n) is 5.82. The van der Waals surface area contributed by atoms with Gasteiger partial charge in [-0.2, -0.15) is 0 Å². The molecule has 0 atom stereocenters. The van der Waals surface area contributed by atoms with Gasteiger partial charge in [-0.3, -0.25) is 0 Å². The SMILES string of the molecule is CC[N+](C)(C)CCc1c[nH]c2cccc(OC(=O)SSC)c12. The van der Waals surface area contributed by atoms with Crippen LogP contribution in [0.5, 0.6) is 5.75 Å². The van der Waals surface area contributed by atoms with Gasteiger partial charge in [0.15, 0.2) is 0 Å². The molecule has 0 saturated heterocycles. The zero-order valence-electron chi connectivity index (χ0n) is 13.5. The number of aromatic amines is 1. The molecule has 2 aromatic rings. The average Bonchev–Trinajstić information content (AvgIpc) is 2.90. The molecule has 0 unspecified atom stereocenters. The first kappa shape index (κ1) is 17.2. The number of benzene rings is 1. The van der Waals surface area contributed by atoms with Crippen LogP contribution in [-0.2, 0) is 6.42 Å². The molecule has 0 amide bonds. The molecule has 0 spiro atoms. The molecule has 0 aliphatic carbocycles. The zero-order valence-corrected chi connectivity index (χ0v) is 15.1. The Morgan fingerprint density at radius 2 is 2.14 bits per heavy atom. The zero-order chi connectivity index (χ0) is 16.2. The van der Waals surface area contributed by atoms with Gasteiger partial charge in [-0.05, 0) is 30.9 Å². The van der Waals surface area contributed by atoms with E-state index in [4.69, 9.17) is 4.74 Å². The van der Waals surface area contributed by atoms with E-state index in [2.05, 4.69) is 26.0 Å². The molecule has 1 aromatic heterocycles. The van der Waals surface area contributed by atoms with Crippen molar-refractivity contribution in [2.75, 3.05) is 33.4 Å². The Bertz CT molecular complexity index is 653. The predicted octanol–water partition coefficient (Wildman–Crippen LogP) is 4.32. The maximum atomic E-state index is 11.8. The summed E-state index contributed by atoms with van der Waals surface area (Å²) in [7, 11) is 6.95. The summed E-state index contributed by atoms with van der Waals surface area (Å²) in [5.74, 6) is 0.641. The molecule has 1 heterocycles. The minimum absolute atomic E-state index is 0.281. The monoisotopic (exact) mass is 339 g/mol. The van der Waals surface area contributed by atoms with E-state index in [0.29, 0.717) is 5.75 Å². The molecule has 0 radical (unpaired) electrons. The van der Waals surface area contributed by atoms with Gasteiger partial charge in [-0.15, -0.1) is 0 Å². The van der Waals surface area contributed by atoms with E-state index >= 15 is 0 Å². The molecule has 0 aliphatic rings. The average molecular weight is 340 g/mol. The van der Waals surface area contributed by atoms with Crippen LogP contribution >= 0.6 is 21.6 Å². The number of hydrogen-bond donors (Lipinski definition) is 1. The molecule has 0 bridgehead atoms. The lowest BCUT2D eigenvalue weighted by atomic mass is 10.1. The lowest BCUT2D eigenvalue weighted by Crippen LogP contribution is -2.40. The first-order valence-electron chi connectivity index (χ1n) is 7.30. The van der Waals surface area contributed by atoms with Gasteiger partial charge in [0.2, 0.25) is 0 Å². The van der Waals surface area contributed by atoms with Crippen LogP contribution in [0.3, 0.4) is 0 Å². The molecule has 1 N–H and O–H groups in total. The van der Waals surface area contributed by atoms with Crippen LogP contribution in [0.4, 0.5) is 4.79 Å². The van der Waals surface area contributed by atoms with Crippen molar-refractivity contribution in [3.05, 3.63) is 30.0 Å². The third-order valence-electron chi connectivity index (χ3n) is 3.94. The molecule has 0 aliphatic heterocycles. The summed E-state index contributed by atoms with van der Waals surface area (Å²) >= 11 is 0. The number of ether oxygens (including phenoxy) is 1. The molecule has 6 heteroatoms. The predicted molar refractivity (Wildman–Crippen MR) is 96.6 cm³/mol. The first-order chi connectivity index (χ1) is 10.5. The number of likely N-dealkylation sites (N-methyl/N-ethyl adjacent to an activating group) is 1. The number of nitrogens with one attached hydrogen (secondary N) is 1. The smallest absolute Gasteiger partial charge is 0.383 e. The van der Waals surface area contributed by atoms with Gasteiger partial charge < -0.3 is 14.2 Å². The fourth-order valence-electron chi connectivity index (χ4n) is 2.26. The number of hydrogen-bond acceptors (Lipinski definition) is 4. The maximum absolute atomic E-state index is 11.8. The van der Waals surface area contributed by atoms with Gasteiger partial charge in [0, 0.05) is 34.3 Å². The Kier molecular flexibility index (Phi) is 5.83. The fourth-order valence-corrected chi connectivity index (χ4v) is 3.03. The van der Waals surface area contributed by atoms with Crippen LogP contribution in [0.1, 0.15) is 12.5 Å². The van der Waals surface area contributed by atoms with E-state index in [-0.39, 0.29) is 5.30 Å². The fraction of sp³-hybridized carbons (Fsp3) is 0.438. The Morgan fingerprint density at radius 1 is 1.36 bits per heavy atom. The molecule has 4 nitrogen and oxygen atoms in total. The highest BCUT2D eigenvalue weighted by Gasteiger charge is 2.17. The van der Waals surface area contributed by atoms with E-state index in [0.717, 1.165) is 45.7 Å². The van der Waals surface area contributed by atoms with E-state index in [1.807, 2.05) is 30.7 Å². The standard InChI is InChI=1S/C16H23N2O2S2/c1-5-18(2,3)10-9-12-11-17-13-7-6-8-14(15(12)13)20-16(19)22-21-4/h6-8,11,17H,5,9-10H2,1-4H3/q+1. The number of carbonyl (C=O) groups is 1. The highest BCUT2D eigenvalue weighted by molar-refractivity contribution is 8.81.